The zero-order chi connectivity index (χ0) is 18.4. The summed E-state index contributed by atoms with van der Waals surface area (Å²) in [6.45, 7) is 0. The lowest BCUT2D eigenvalue weighted by Gasteiger charge is -2.22. The van der Waals surface area contributed by atoms with Crippen molar-refractivity contribution in [1.82, 2.24) is 0 Å². The highest BCUT2D eigenvalue weighted by Crippen LogP contribution is 2.29. The molecule has 3 aromatic carbocycles. The number of benzene rings is 3. The largest absolute Gasteiger partial charge is 0.864 e. The molecule has 0 bridgehead atoms. The average Bonchev–Trinajstić information content (AvgIpc) is 2.74. The highest BCUT2D eigenvalue weighted by Gasteiger charge is 2.50. The van der Waals surface area contributed by atoms with Crippen molar-refractivity contribution < 1.29 is 8.79 Å². The van der Waals surface area contributed by atoms with E-state index in [1.165, 1.54) is 4.92 Å². The van der Waals surface area contributed by atoms with Gasteiger partial charge < -0.3 is 0 Å². The van der Waals surface area contributed by atoms with Crippen LogP contribution < -0.4 is 9.40 Å². The van der Waals surface area contributed by atoms with Crippen LogP contribution in [0.25, 0.3) is 21.7 Å². The van der Waals surface area contributed by atoms with Crippen molar-refractivity contribution in [2.75, 3.05) is 4.92 Å². The Bertz CT molecular complexity index is 1260. The molecule has 0 N–H and O–H groups in total. The van der Waals surface area contributed by atoms with Crippen LogP contribution in [-0.2, 0) is 0 Å². The fourth-order valence-corrected chi connectivity index (χ4v) is 3.70. The number of para-hydroxylation sites is 2. The van der Waals surface area contributed by atoms with Gasteiger partial charge in [-0.1, -0.05) is 48.5 Å². The number of hydrogen-bond acceptors (Lipinski definition) is 3. The first-order chi connectivity index (χ1) is 13.3. The number of hydrazone groups is 1. The molecule has 4 nitrogen and oxygen atoms in total. The number of nitrogens with zero attached hydrogens (tertiary/aromatic N) is 4. The summed E-state index contributed by atoms with van der Waals surface area (Å²) in [4.78, 5) is 1.26. The molecule has 2 heterocycles. The molecule has 1 aliphatic rings. The predicted octanol–water partition coefficient (Wildman–Crippen LogP) is 3.83. The Morgan fingerprint density at radius 1 is 0.852 bits per heavy atom. The molecule has 0 atom stereocenters. The van der Waals surface area contributed by atoms with Gasteiger partial charge in [-0.25, -0.2) is 13.7 Å². The van der Waals surface area contributed by atoms with Crippen molar-refractivity contribution in [1.29, 1.82) is 5.26 Å². The SMILES string of the molecule is N#CC1=NN(c2ccccc2)B(F)[n+]2c1c1ccccc1c1ccccc12. The summed E-state index contributed by atoms with van der Waals surface area (Å²) in [5, 5.41) is 16.8. The molecule has 0 amide bonds. The molecule has 0 spiro atoms. The predicted molar refractivity (Wildman–Crippen MR) is 105 cm³/mol. The minimum Gasteiger partial charge on any atom is -0.224 e. The Balaban J connectivity index is 1.92. The van der Waals surface area contributed by atoms with Gasteiger partial charge in [0.05, 0.1) is 16.5 Å². The van der Waals surface area contributed by atoms with Crippen LogP contribution in [-0.4, -0.2) is 13.0 Å². The molecule has 0 saturated heterocycles. The van der Waals surface area contributed by atoms with E-state index in [0.717, 1.165) is 21.7 Å². The van der Waals surface area contributed by atoms with Gasteiger partial charge in [-0.2, -0.15) is 10.4 Å². The zero-order valence-corrected chi connectivity index (χ0v) is 14.2. The van der Waals surface area contributed by atoms with E-state index in [1.807, 2.05) is 66.7 Å². The van der Waals surface area contributed by atoms with Crippen molar-refractivity contribution in [3.8, 4) is 6.07 Å². The third kappa shape index (κ3) is 2.22. The van der Waals surface area contributed by atoms with Gasteiger partial charge in [-0.15, -0.1) is 0 Å². The summed E-state index contributed by atoms with van der Waals surface area (Å²) in [5.74, 6) is 0. The lowest BCUT2D eigenvalue weighted by molar-refractivity contribution is -0.518. The smallest absolute Gasteiger partial charge is 0.224 e. The molecular weight excluding hydrogens is 338 g/mol. The highest BCUT2D eigenvalue weighted by molar-refractivity contribution is 6.49. The summed E-state index contributed by atoms with van der Waals surface area (Å²) in [6.07, 6.45) is 0. The molecule has 27 heavy (non-hydrogen) atoms. The van der Waals surface area contributed by atoms with Gasteiger partial charge in [-0.3, -0.25) is 0 Å². The second-order valence-electron chi connectivity index (χ2n) is 6.33. The van der Waals surface area contributed by atoms with E-state index < -0.39 is 7.26 Å². The third-order valence-corrected chi connectivity index (χ3v) is 4.85. The van der Waals surface area contributed by atoms with Gasteiger partial charge in [-0.05, 0) is 24.3 Å². The minimum atomic E-state index is -1.56. The second-order valence-corrected chi connectivity index (χ2v) is 6.33. The zero-order valence-electron chi connectivity index (χ0n) is 14.2. The van der Waals surface area contributed by atoms with Gasteiger partial charge in [0.25, 0.3) is 0 Å². The summed E-state index contributed by atoms with van der Waals surface area (Å²) < 4.78 is 17.3. The van der Waals surface area contributed by atoms with Gasteiger partial charge >= 0.3 is 7.26 Å². The first-order valence-electron chi connectivity index (χ1n) is 8.62. The molecule has 1 aliphatic heterocycles. The average molecular weight is 351 g/mol. The second kappa shape index (κ2) is 5.92. The number of anilines is 1. The lowest BCUT2D eigenvalue weighted by atomic mass is 9.91. The van der Waals surface area contributed by atoms with Gasteiger partial charge in [0.2, 0.25) is 11.4 Å². The fraction of sp³-hybridized carbons (Fsp3) is 0. The molecule has 1 aromatic heterocycles. The van der Waals surface area contributed by atoms with E-state index in [9.17, 15) is 5.26 Å². The van der Waals surface area contributed by atoms with Crippen LogP contribution >= 0.6 is 0 Å². The summed E-state index contributed by atoms with van der Waals surface area (Å²) in [7, 11) is -1.56. The van der Waals surface area contributed by atoms with Crippen LogP contribution in [0.3, 0.4) is 0 Å². The molecule has 0 radical (unpaired) electrons. The van der Waals surface area contributed by atoms with Crippen LogP contribution in [0.5, 0.6) is 0 Å². The molecule has 126 valence electrons. The van der Waals surface area contributed by atoms with Crippen molar-refractivity contribution in [2.24, 2.45) is 5.10 Å². The Hall–Kier alpha value is -3.72. The number of fused-ring (bicyclic) bond motifs is 6. The van der Waals surface area contributed by atoms with Crippen molar-refractivity contribution >= 4 is 40.3 Å². The number of hydrogen-bond donors (Lipinski definition) is 0. The summed E-state index contributed by atoms with van der Waals surface area (Å²) >= 11 is 0. The number of nitriles is 1. The molecule has 5 rings (SSSR count). The Labute approximate surface area is 155 Å². The maximum absolute atomic E-state index is 15.8. The highest BCUT2D eigenvalue weighted by atomic mass is 19.1. The minimum absolute atomic E-state index is 0.190. The van der Waals surface area contributed by atoms with Gasteiger partial charge in [0, 0.05) is 11.5 Å². The van der Waals surface area contributed by atoms with Crippen LogP contribution in [0.2, 0.25) is 0 Å². The standard InChI is InChI=1S/C21H13BFN4/c23-22-26-20-13-7-6-11-17(20)16-10-4-5-12-18(16)21(26)19(14-24)25-27(22)15-8-2-1-3-9-15/h1-13H/q+1. The third-order valence-electron chi connectivity index (χ3n) is 4.85. The Morgan fingerprint density at radius 3 is 2.22 bits per heavy atom. The molecule has 0 fully saturated rings. The van der Waals surface area contributed by atoms with Crippen LogP contribution in [0, 0.1) is 11.3 Å². The maximum Gasteiger partial charge on any atom is 0.864 e. The number of pyridine rings is 1. The van der Waals surface area contributed by atoms with Crippen molar-refractivity contribution in [3.05, 3.63) is 84.6 Å². The lowest BCUT2D eigenvalue weighted by Crippen LogP contribution is -2.64. The van der Waals surface area contributed by atoms with Gasteiger partial charge in [0.15, 0.2) is 5.52 Å². The normalized spacial score (nSPS) is 13.4. The molecular formula is C21H13BFN4+. The van der Waals surface area contributed by atoms with Crippen molar-refractivity contribution in [3.63, 3.8) is 0 Å². The summed E-state index contributed by atoms with van der Waals surface area (Å²) in [6, 6.07) is 26.6. The fourth-order valence-electron chi connectivity index (χ4n) is 3.70. The van der Waals surface area contributed by atoms with Crippen LogP contribution in [0.1, 0.15) is 5.69 Å². The van der Waals surface area contributed by atoms with E-state index in [-0.39, 0.29) is 5.71 Å². The van der Waals surface area contributed by atoms with Crippen LogP contribution in [0.15, 0.2) is 84.0 Å². The van der Waals surface area contributed by atoms with E-state index in [2.05, 4.69) is 11.2 Å². The molecule has 4 aromatic rings. The first kappa shape index (κ1) is 15.5. The van der Waals surface area contributed by atoms with E-state index >= 15 is 4.32 Å². The first-order valence-corrected chi connectivity index (χ1v) is 8.62. The summed E-state index contributed by atoms with van der Waals surface area (Å²) in [5.41, 5.74) is 2.01. The molecule has 0 unspecified atom stereocenters. The number of rotatable bonds is 1. The molecule has 0 saturated carbocycles. The van der Waals surface area contributed by atoms with E-state index in [4.69, 9.17) is 0 Å². The number of halogens is 1. The molecule has 0 aliphatic carbocycles. The Kier molecular flexibility index (Phi) is 3.41. The monoisotopic (exact) mass is 351 g/mol. The van der Waals surface area contributed by atoms with E-state index in [1.54, 1.807) is 16.6 Å². The topological polar surface area (TPSA) is 43.3 Å². The van der Waals surface area contributed by atoms with Crippen LogP contribution in [0.4, 0.5) is 10.0 Å². The number of aromatic nitrogens is 1. The quantitative estimate of drug-likeness (QED) is 0.386. The van der Waals surface area contributed by atoms with E-state index in [0.29, 0.717) is 11.4 Å². The molecule has 6 heteroatoms. The Morgan fingerprint density at radius 2 is 1.48 bits per heavy atom. The van der Waals surface area contributed by atoms with Crippen molar-refractivity contribution in [2.45, 2.75) is 0 Å². The van der Waals surface area contributed by atoms with Gasteiger partial charge in [0.1, 0.15) is 6.07 Å². The maximum atomic E-state index is 15.8.